The normalized spacial score (nSPS) is 12.8. The van der Waals surface area contributed by atoms with Crippen LogP contribution in [0.2, 0.25) is 10.0 Å². The van der Waals surface area contributed by atoms with E-state index < -0.39 is 10.0 Å². The van der Waals surface area contributed by atoms with Gasteiger partial charge in [0, 0.05) is 12.6 Å². The highest BCUT2D eigenvalue weighted by Gasteiger charge is 2.27. The van der Waals surface area contributed by atoms with Crippen molar-refractivity contribution in [2.45, 2.75) is 37.8 Å². The molecule has 1 N–H and O–H groups in total. The van der Waals surface area contributed by atoms with Crippen LogP contribution in [0.4, 0.5) is 0 Å². The Bertz CT molecular complexity index is 889. The Hall–Kier alpha value is -1.60. The van der Waals surface area contributed by atoms with Crippen LogP contribution >= 0.6 is 23.2 Å². The summed E-state index contributed by atoms with van der Waals surface area (Å²) < 4.78 is 27.3. The first kappa shape index (κ1) is 21.7. The molecule has 8 heteroatoms. The van der Waals surface area contributed by atoms with Crippen molar-refractivity contribution in [3.63, 3.8) is 0 Å². The average molecular weight is 429 g/mol. The number of hydrogen-bond acceptors (Lipinski definition) is 3. The molecule has 0 saturated carbocycles. The topological polar surface area (TPSA) is 66.5 Å². The van der Waals surface area contributed by atoms with Crippen LogP contribution in [0.1, 0.15) is 25.8 Å². The highest BCUT2D eigenvalue weighted by molar-refractivity contribution is 7.89. The van der Waals surface area contributed by atoms with E-state index in [-0.39, 0.29) is 29.9 Å². The third kappa shape index (κ3) is 5.94. The first-order chi connectivity index (χ1) is 12.7. The second kappa shape index (κ2) is 9.55. The molecule has 2 aromatic carbocycles. The van der Waals surface area contributed by atoms with Gasteiger partial charge in [0.15, 0.2) is 0 Å². The standard InChI is InChI=1S/C19H22Cl2N2O3S/c1-3-14(2)22-19(24)13-23(12-15-9-10-17(20)18(21)11-15)27(25,26)16-7-5-4-6-8-16/h4-11,14H,3,12-13H2,1-2H3,(H,22,24)/t14-/m0/s1. The lowest BCUT2D eigenvalue weighted by atomic mass is 10.2. The van der Waals surface area contributed by atoms with Crippen molar-refractivity contribution in [1.29, 1.82) is 0 Å². The number of carbonyl (C=O) groups excluding carboxylic acids is 1. The summed E-state index contributed by atoms with van der Waals surface area (Å²) >= 11 is 12.0. The van der Waals surface area contributed by atoms with E-state index in [1.165, 1.54) is 12.1 Å². The Balaban J connectivity index is 2.32. The van der Waals surface area contributed by atoms with Gasteiger partial charge in [-0.2, -0.15) is 4.31 Å². The SMILES string of the molecule is CC[C@H](C)NC(=O)CN(Cc1ccc(Cl)c(Cl)c1)S(=O)(=O)c1ccccc1. The lowest BCUT2D eigenvalue weighted by Crippen LogP contribution is -2.43. The monoisotopic (exact) mass is 428 g/mol. The van der Waals surface area contributed by atoms with Gasteiger partial charge in [-0.3, -0.25) is 4.79 Å². The Kier molecular flexibility index (Phi) is 7.68. The maximum Gasteiger partial charge on any atom is 0.243 e. The van der Waals surface area contributed by atoms with Gasteiger partial charge in [0.1, 0.15) is 0 Å². The van der Waals surface area contributed by atoms with E-state index in [0.29, 0.717) is 15.6 Å². The molecule has 0 aliphatic carbocycles. The molecule has 5 nitrogen and oxygen atoms in total. The number of carbonyl (C=O) groups is 1. The number of benzene rings is 2. The van der Waals surface area contributed by atoms with E-state index in [4.69, 9.17) is 23.2 Å². The lowest BCUT2D eigenvalue weighted by Gasteiger charge is -2.23. The van der Waals surface area contributed by atoms with Crippen molar-refractivity contribution in [2.24, 2.45) is 0 Å². The van der Waals surface area contributed by atoms with Crippen LogP contribution in [-0.4, -0.2) is 31.2 Å². The molecule has 0 spiro atoms. The van der Waals surface area contributed by atoms with Gasteiger partial charge in [0.05, 0.1) is 21.5 Å². The first-order valence-corrected chi connectivity index (χ1v) is 10.7. The quantitative estimate of drug-likeness (QED) is 0.687. The molecular formula is C19H22Cl2N2O3S. The Morgan fingerprint density at radius 2 is 1.78 bits per heavy atom. The predicted octanol–water partition coefficient (Wildman–Crippen LogP) is 4.10. The average Bonchev–Trinajstić information content (AvgIpc) is 2.64. The molecule has 0 aliphatic heterocycles. The number of rotatable bonds is 8. The molecule has 0 heterocycles. The number of nitrogens with one attached hydrogen (secondary N) is 1. The zero-order valence-electron chi connectivity index (χ0n) is 15.2. The molecule has 0 aliphatic rings. The third-order valence-electron chi connectivity index (χ3n) is 4.06. The Labute approximate surface area is 170 Å². The van der Waals surface area contributed by atoms with Crippen LogP contribution in [0, 0.1) is 0 Å². The largest absolute Gasteiger partial charge is 0.353 e. The molecule has 1 amide bonds. The molecule has 0 radical (unpaired) electrons. The van der Waals surface area contributed by atoms with Gasteiger partial charge in [-0.15, -0.1) is 0 Å². The molecule has 0 saturated heterocycles. The number of amides is 1. The molecule has 0 aromatic heterocycles. The molecule has 27 heavy (non-hydrogen) atoms. The van der Waals surface area contributed by atoms with Gasteiger partial charge < -0.3 is 5.32 Å². The van der Waals surface area contributed by atoms with Crippen molar-refractivity contribution in [2.75, 3.05) is 6.54 Å². The van der Waals surface area contributed by atoms with Gasteiger partial charge in [-0.05, 0) is 43.2 Å². The molecular weight excluding hydrogens is 407 g/mol. The molecule has 0 bridgehead atoms. The molecule has 2 rings (SSSR count). The summed E-state index contributed by atoms with van der Waals surface area (Å²) in [5, 5.41) is 3.51. The second-order valence-electron chi connectivity index (χ2n) is 6.21. The van der Waals surface area contributed by atoms with Crippen LogP contribution in [0.25, 0.3) is 0 Å². The number of nitrogens with zero attached hydrogens (tertiary/aromatic N) is 1. The van der Waals surface area contributed by atoms with Crippen LogP contribution < -0.4 is 5.32 Å². The lowest BCUT2D eigenvalue weighted by molar-refractivity contribution is -0.122. The van der Waals surface area contributed by atoms with Crippen LogP contribution in [0.15, 0.2) is 53.4 Å². The minimum Gasteiger partial charge on any atom is -0.353 e. The minimum atomic E-state index is -3.86. The second-order valence-corrected chi connectivity index (χ2v) is 8.96. The van der Waals surface area contributed by atoms with E-state index in [2.05, 4.69) is 5.32 Å². The van der Waals surface area contributed by atoms with Crippen molar-refractivity contribution in [1.82, 2.24) is 9.62 Å². The predicted molar refractivity (Wildman–Crippen MR) is 108 cm³/mol. The molecule has 146 valence electrons. The smallest absolute Gasteiger partial charge is 0.243 e. The number of sulfonamides is 1. The van der Waals surface area contributed by atoms with E-state index in [0.717, 1.165) is 10.7 Å². The summed E-state index contributed by atoms with van der Waals surface area (Å²) in [6, 6.07) is 12.9. The van der Waals surface area contributed by atoms with Gasteiger partial charge in [-0.25, -0.2) is 8.42 Å². The van der Waals surface area contributed by atoms with Crippen molar-refractivity contribution in [3.8, 4) is 0 Å². The van der Waals surface area contributed by atoms with Crippen LogP contribution in [0.5, 0.6) is 0 Å². The summed E-state index contributed by atoms with van der Waals surface area (Å²) in [7, 11) is -3.86. The first-order valence-electron chi connectivity index (χ1n) is 8.52. The van der Waals surface area contributed by atoms with Crippen molar-refractivity contribution < 1.29 is 13.2 Å². The van der Waals surface area contributed by atoms with Gasteiger partial charge in [0.25, 0.3) is 0 Å². The van der Waals surface area contributed by atoms with Gasteiger partial charge in [0.2, 0.25) is 15.9 Å². The zero-order chi connectivity index (χ0) is 20.0. The molecule has 2 aromatic rings. The molecule has 1 atom stereocenters. The summed E-state index contributed by atoms with van der Waals surface area (Å²) in [5.74, 6) is -0.357. The maximum absolute atomic E-state index is 13.1. The fourth-order valence-electron chi connectivity index (χ4n) is 2.39. The molecule has 0 unspecified atom stereocenters. The molecule has 0 fully saturated rings. The van der Waals surface area contributed by atoms with E-state index >= 15 is 0 Å². The fourth-order valence-corrected chi connectivity index (χ4v) is 4.12. The van der Waals surface area contributed by atoms with Gasteiger partial charge >= 0.3 is 0 Å². The van der Waals surface area contributed by atoms with Crippen molar-refractivity contribution >= 4 is 39.1 Å². The maximum atomic E-state index is 13.1. The fraction of sp³-hybridized carbons (Fsp3) is 0.316. The third-order valence-corrected chi connectivity index (χ3v) is 6.61. The van der Waals surface area contributed by atoms with Crippen LogP contribution in [0.3, 0.4) is 0 Å². The van der Waals surface area contributed by atoms with Crippen LogP contribution in [-0.2, 0) is 21.4 Å². The van der Waals surface area contributed by atoms with Gasteiger partial charge in [-0.1, -0.05) is 54.4 Å². The van der Waals surface area contributed by atoms with E-state index in [9.17, 15) is 13.2 Å². The Morgan fingerprint density at radius 1 is 1.11 bits per heavy atom. The summed E-state index contributed by atoms with van der Waals surface area (Å²) in [4.78, 5) is 12.5. The summed E-state index contributed by atoms with van der Waals surface area (Å²) in [5.41, 5.74) is 0.639. The number of halogens is 2. The van der Waals surface area contributed by atoms with E-state index in [1.54, 1.807) is 36.4 Å². The highest BCUT2D eigenvalue weighted by Crippen LogP contribution is 2.25. The minimum absolute atomic E-state index is 0.00203. The Morgan fingerprint density at radius 3 is 2.37 bits per heavy atom. The summed E-state index contributed by atoms with van der Waals surface area (Å²) in [6.45, 7) is 3.52. The summed E-state index contributed by atoms with van der Waals surface area (Å²) in [6.07, 6.45) is 0.754. The number of hydrogen-bond donors (Lipinski definition) is 1. The van der Waals surface area contributed by atoms with Crippen molar-refractivity contribution in [3.05, 3.63) is 64.1 Å². The van der Waals surface area contributed by atoms with E-state index in [1.807, 2.05) is 13.8 Å². The highest BCUT2D eigenvalue weighted by atomic mass is 35.5. The zero-order valence-corrected chi connectivity index (χ0v) is 17.5.